The molecule has 2 aromatic rings. The van der Waals surface area contributed by atoms with Gasteiger partial charge in [0.2, 0.25) is 5.95 Å². The summed E-state index contributed by atoms with van der Waals surface area (Å²) < 4.78 is 2.34. The SMILES string of the molecule is CSN1CCN(c2nc(N)nc(C)c2C#Cc2cccnc2)CC1. The van der Waals surface area contributed by atoms with Gasteiger partial charge in [-0.2, -0.15) is 4.98 Å². The Bertz CT molecular complexity index is 760. The van der Waals surface area contributed by atoms with Crippen molar-refractivity contribution in [1.29, 1.82) is 0 Å². The van der Waals surface area contributed by atoms with Crippen LogP contribution in [0.15, 0.2) is 24.5 Å². The first-order chi connectivity index (χ1) is 11.7. The number of aromatic nitrogens is 3. The van der Waals surface area contributed by atoms with E-state index < -0.39 is 0 Å². The first kappa shape index (κ1) is 16.6. The molecule has 1 aliphatic heterocycles. The number of nitrogens with zero attached hydrogens (tertiary/aromatic N) is 5. The number of pyridine rings is 1. The van der Waals surface area contributed by atoms with E-state index in [0.29, 0.717) is 5.95 Å². The number of hydrogen-bond acceptors (Lipinski definition) is 7. The molecule has 24 heavy (non-hydrogen) atoms. The first-order valence-electron chi connectivity index (χ1n) is 7.77. The lowest BCUT2D eigenvalue weighted by molar-refractivity contribution is 0.429. The van der Waals surface area contributed by atoms with E-state index in [9.17, 15) is 0 Å². The second-order valence-corrected chi connectivity index (χ2v) is 6.34. The smallest absolute Gasteiger partial charge is 0.222 e. The monoisotopic (exact) mass is 340 g/mol. The van der Waals surface area contributed by atoms with Crippen molar-refractivity contribution in [3.05, 3.63) is 41.3 Å². The highest BCUT2D eigenvalue weighted by Crippen LogP contribution is 2.23. The number of anilines is 2. The lowest BCUT2D eigenvalue weighted by Gasteiger charge is -2.34. The van der Waals surface area contributed by atoms with E-state index in [-0.39, 0.29) is 0 Å². The summed E-state index contributed by atoms with van der Waals surface area (Å²) in [6, 6.07) is 3.81. The Morgan fingerprint density at radius 1 is 1.17 bits per heavy atom. The van der Waals surface area contributed by atoms with Gasteiger partial charge in [0, 0.05) is 44.1 Å². The Hall–Kier alpha value is -2.30. The maximum absolute atomic E-state index is 5.87. The van der Waals surface area contributed by atoms with E-state index in [1.807, 2.05) is 19.1 Å². The van der Waals surface area contributed by atoms with Crippen LogP contribution in [-0.2, 0) is 0 Å². The molecule has 1 fully saturated rings. The molecule has 0 saturated carbocycles. The Kier molecular flexibility index (Phi) is 5.18. The summed E-state index contributed by atoms with van der Waals surface area (Å²) in [6.45, 7) is 5.70. The Morgan fingerprint density at radius 2 is 1.96 bits per heavy atom. The highest BCUT2D eigenvalue weighted by atomic mass is 32.2. The van der Waals surface area contributed by atoms with Gasteiger partial charge < -0.3 is 10.6 Å². The van der Waals surface area contributed by atoms with Crippen LogP contribution < -0.4 is 10.6 Å². The summed E-state index contributed by atoms with van der Waals surface area (Å²) in [4.78, 5) is 15.1. The molecule has 0 bridgehead atoms. The molecule has 7 heteroatoms. The Balaban J connectivity index is 1.93. The molecule has 0 radical (unpaired) electrons. The highest BCUT2D eigenvalue weighted by Gasteiger charge is 2.21. The van der Waals surface area contributed by atoms with E-state index in [0.717, 1.165) is 48.8 Å². The van der Waals surface area contributed by atoms with Gasteiger partial charge in [0.05, 0.1) is 11.3 Å². The quantitative estimate of drug-likeness (QED) is 0.657. The first-order valence-corrected chi connectivity index (χ1v) is 8.95. The van der Waals surface area contributed by atoms with Crippen LogP contribution in [0.2, 0.25) is 0 Å². The van der Waals surface area contributed by atoms with Crippen molar-refractivity contribution in [2.45, 2.75) is 6.92 Å². The van der Waals surface area contributed by atoms with Crippen molar-refractivity contribution in [3.63, 3.8) is 0 Å². The zero-order valence-corrected chi connectivity index (χ0v) is 14.7. The van der Waals surface area contributed by atoms with Crippen LogP contribution in [0.25, 0.3) is 0 Å². The summed E-state index contributed by atoms with van der Waals surface area (Å²) in [6.07, 6.45) is 5.59. The third-order valence-electron chi connectivity index (χ3n) is 3.88. The molecule has 3 rings (SSSR count). The fourth-order valence-electron chi connectivity index (χ4n) is 2.61. The minimum Gasteiger partial charge on any atom is -0.368 e. The summed E-state index contributed by atoms with van der Waals surface area (Å²) in [7, 11) is 0. The molecule has 0 unspecified atom stereocenters. The number of aryl methyl sites for hydroxylation is 1. The number of nitrogens with two attached hydrogens (primary N) is 1. The predicted octanol–water partition coefficient (Wildman–Crippen LogP) is 1.56. The molecule has 0 atom stereocenters. The minimum absolute atomic E-state index is 0.293. The second-order valence-electron chi connectivity index (χ2n) is 5.46. The zero-order chi connectivity index (χ0) is 16.9. The molecule has 0 aliphatic carbocycles. The van der Waals surface area contributed by atoms with E-state index in [2.05, 4.69) is 42.3 Å². The summed E-state index contributed by atoms with van der Waals surface area (Å²) in [5.41, 5.74) is 8.39. The van der Waals surface area contributed by atoms with Gasteiger partial charge in [-0.1, -0.05) is 23.8 Å². The minimum atomic E-state index is 0.293. The number of rotatable bonds is 2. The van der Waals surface area contributed by atoms with E-state index in [4.69, 9.17) is 5.73 Å². The summed E-state index contributed by atoms with van der Waals surface area (Å²) in [5, 5.41) is 0. The van der Waals surface area contributed by atoms with Crippen molar-refractivity contribution in [1.82, 2.24) is 19.3 Å². The molecule has 6 nitrogen and oxygen atoms in total. The number of piperazine rings is 1. The van der Waals surface area contributed by atoms with Crippen LogP contribution in [0.3, 0.4) is 0 Å². The molecule has 2 aromatic heterocycles. The van der Waals surface area contributed by atoms with Gasteiger partial charge in [0.1, 0.15) is 5.82 Å². The Morgan fingerprint density at radius 3 is 2.62 bits per heavy atom. The summed E-state index contributed by atoms with van der Waals surface area (Å²) >= 11 is 1.78. The van der Waals surface area contributed by atoms with Gasteiger partial charge in [-0.3, -0.25) is 4.98 Å². The van der Waals surface area contributed by atoms with Gasteiger partial charge in [-0.25, -0.2) is 9.29 Å². The molecule has 3 heterocycles. The van der Waals surface area contributed by atoms with Crippen LogP contribution in [0, 0.1) is 18.8 Å². The average molecular weight is 340 g/mol. The van der Waals surface area contributed by atoms with Crippen LogP contribution in [-0.4, -0.2) is 51.7 Å². The summed E-state index contributed by atoms with van der Waals surface area (Å²) in [5.74, 6) is 7.49. The molecule has 0 aromatic carbocycles. The second kappa shape index (κ2) is 7.51. The van der Waals surface area contributed by atoms with Gasteiger partial charge >= 0.3 is 0 Å². The van der Waals surface area contributed by atoms with Crippen molar-refractivity contribution < 1.29 is 0 Å². The molecule has 0 spiro atoms. The fourth-order valence-corrected chi connectivity index (χ4v) is 3.14. The van der Waals surface area contributed by atoms with Crippen molar-refractivity contribution in [2.75, 3.05) is 43.1 Å². The van der Waals surface area contributed by atoms with E-state index in [1.54, 1.807) is 24.3 Å². The molecular formula is C17H20N6S. The van der Waals surface area contributed by atoms with Crippen molar-refractivity contribution in [3.8, 4) is 11.8 Å². The number of hydrogen-bond donors (Lipinski definition) is 1. The topological polar surface area (TPSA) is 71.2 Å². The molecule has 0 amide bonds. The third-order valence-corrected chi connectivity index (χ3v) is 4.76. The van der Waals surface area contributed by atoms with Crippen molar-refractivity contribution in [2.24, 2.45) is 0 Å². The van der Waals surface area contributed by atoms with Crippen LogP contribution in [0.4, 0.5) is 11.8 Å². The van der Waals surface area contributed by atoms with Gasteiger partial charge in [0.15, 0.2) is 0 Å². The lowest BCUT2D eigenvalue weighted by atomic mass is 10.1. The third kappa shape index (κ3) is 3.78. The molecule has 124 valence electrons. The fraction of sp³-hybridized carbons (Fsp3) is 0.353. The van der Waals surface area contributed by atoms with Gasteiger partial charge in [-0.15, -0.1) is 0 Å². The zero-order valence-electron chi connectivity index (χ0n) is 13.9. The van der Waals surface area contributed by atoms with E-state index in [1.165, 1.54) is 0 Å². The molecular weight excluding hydrogens is 320 g/mol. The van der Waals surface area contributed by atoms with Crippen LogP contribution in [0.1, 0.15) is 16.8 Å². The predicted molar refractivity (Wildman–Crippen MR) is 98.7 cm³/mol. The average Bonchev–Trinajstić information content (AvgIpc) is 2.61. The maximum atomic E-state index is 5.87. The Labute approximate surface area is 146 Å². The standard InChI is InChI=1S/C17H20N6S/c1-13-15(6-5-14-4-3-7-19-12-14)16(21-17(18)20-13)22-8-10-23(24-2)11-9-22/h3-4,7,12H,8-11H2,1-2H3,(H2,18,20,21). The van der Waals surface area contributed by atoms with Gasteiger partial charge in [0.25, 0.3) is 0 Å². The van der Waals surface area contributed by atoms with Crippen molar-refractivity contribution >= 4 is 23.7 Å². The van der Waals surface area contributed by atoms with Gasteiger partial charge in [-0.05, 0) is 25.3 Å². The largest absolute Gasteiger partial charge is 0.368 e. The molecule has 2 N–H and O–H groups in total. The van der Waals surface area contributed by atoms with Crippen LogP contribution >= 0.6 is 11.9 Å². The molecule has 1 aliphatic rings. The highest BCUT2D eigenvalue weighted by molar-refractivity contribution is 7.96. The van der Waals surface area contributed by atoms with Crippen LogP contribution in [0.5, 0.6) is 0 Å². The molecule has 1 saturated heterocycles. The maximum Gasteiger partial charge on any atom is 0.222 e. The normalized spacial score (nSPS) is 15.0. The lowest BCUT2D eigenvalue weighted by Crippen LogP contribution is -2.44. The number of nitrogen functional groups attached to an aromatic ring is 1. The van der Waals surface area contributed by atoms with E-state index >= 15 is 0 Å².